The summed E-state index contributed by atoms with van der Waals surface area (Å²) < 4.78 is 1.81. The fourth-order valence-electron chi connectivity index (χ4n) is 2.08. The van der Waals surface area contributed by atoms with Gasteiger partial charge in [-0.25, -0.2) is 4.79 Å². The van der Waals surface area contributed by atoms with Crippen LogP contribution in [0, 0.1) is 0 Å². The number of nitrogens with zero attached hydrogens (tertiary/aromatic N) is 2. The molecule has 0 amide bonds. The number of aryl methyl sites for hydroxylation is 1. The Labute approximate surface area is 110 Å². The van der Waals surface area contributed by atoms with E-state index in [2.05, 4.69) is 11.9 Å². The second-order valence-corrected chi connectivity index (χ2v) is 4.45. The van der Waals surface area contributed by atoms with Gasteiger partial charge in [0.2, 0.25) is 5.43 Å². The Kier molecular flexibility index (Phi) is 3.94. The van der Waals surface area contributed by atoms with Crippen LogP contribution in [0.25, 0.3) is 11.0 Å². The van der Waals surface area contributed by atoms with Crippen LogP contribution < -0.4 is 5.43 Å². The van der Waals surface area contributed by atoms with Crippen molar-refractivity contribution in [3.05, 3.63) is 40.3 Å². The highest BCUT2D eigenvalue weighted by Crippen LogP contribution is 2.11. The van der Waals surface area contributed by atoms with Crippen molar-refractivity contribution < 1.29 is 9.90 Å². The average molecular weight is 260 g/mol. The second kappa shape index (κ2) is 5.65. The molecule has 2 heterocycles. The van der Waals surface area contributed by atoms with Crippen LogP contribution in [0.5, 0.6) is 0 Å². The van der Waals surface area contributed by atoms with E-state index in [1.54, 1.807) is 12.1 Å². The summed E-state index contributed by atoms with van der Waals surface area (Å²) in [6.07, 6.45) is 6.02. The van der Waals surface area contributed by atoms with Crippen molar-refractivity contribution in [2.75, 3.05) is 0 Å². The van der Waals surface area contributed by atoms with Crippen molar-refractivity contribution in [1.29, 1.82) is 0 Å². The minimum atomic E-state index is -1.21. The molecule has 1 N–H and O–H groups in total. The zero-order valence-corrected chi connectivity index (χ0v) is 10.8. The van der Waals surface area contributed by atoms with Gasteiger partial charge in [-0.1, -0.05) is 19.8 Å². The van der Waals surface area contributed by atoms with Crippen LogP contribution in [0.2, 0.25) is 0 Å². The third kappa shape index (κ3) is 2.65. The van der Waals surface area contributed by atoms with E-state index in [0.717, 1.165) is 19.3 Å². The van der Waals surface area contributed by atoms with Crippen LogP contribution in [-0.4, -0.2) is 20.6 Å². The molecule has 0 bridgehead atoms. The minimum Gasteiger partial charge on any atom is -0.477 e. The third-order valence-electron chi connectivity index (χ3n) is 3.07. The zero-order chi connectivity index (χ0) is 13.8. The van der Waals surface area contributed by atoms with E-state index in [1.807, 2.05) is 4.57 Å². The molecule has 2 rings (SSSR count). The first-order valence-electron chi connectivity index (χ1n) is 6.36. The summed E-state index contributed by atoms with van der Waals surface area (Å²) in [4.78, 5) is 27.1. The van der Waals surface area contributed by atoms with Gasteiger partial charge >= 0.3 is 5.97 Å². The second-order valence-electron chi connectivity index (χ2n) is 4.45. The van der Waals surface area contributed by atoms with Gasteiger partial charge < -0.3 is 9.67 Å². The number of carboxylic acids is 1. The lowest BCUT2D eigenvalue weighted by Crippen LogP contribution is -2.19. The summed E-state index contributed by atoms with van der Waals surface area (Å²) in [6, 6.07) is 3.54. The van der Waals surface area contributed by atoms with Crippen LogP contribution in [0.3, 0.4) is 0 Å². The molecule has 0 spiro atoms. The molecular formula is C14H16N2O3. The molecule has 2 aromatic rings. The number of pyridine rings is 2. The molecule has 0 saturated heterocycles. The van der Waals surface area contributed by atoms with Crippen LogP contribution >= 0.6 is 0 Å². The van der Waals surface area contributed by atoms with E-state index >= 15 is 0 Å². The Morgan fingerprint density at radius 3 is 2.89 bits per heavy atom. The summed E-state index contributed by atoms with van der Waals surface area (Å²) in [7, 11) is 0. The topological polar surface area (TPSA) is 72.2 Å². The fraction of sp³-hybridized carbons (Fsp3) is 0.357. The van der Waals surface area contributed by atoms with Crippen molar-refractivity contribution in [3.63, 3.8) is 0 Å². The highest BCUT2D eigenvalue weighted by atomic mass is 16.4. The average Bonchev–Trinajstić information content (AvgIpc) is 2.41. The van der Waals surface area contributed by atoms with Crippen LogP contribution in [-0.2, 0) is 6.54 Å². The molecule has 19 heavy (non-hydrogen) atoms. The van der Waals surface area contributed by atoms with Crippen molar-refractivity contribution >= 4 is 17.0 Å². The van der Waals surface area contributed by atoms with Crippen LogP contribution in [0.4, 0.5) is 0 Å². The van der Waals surface area contributed by atoms with Crippen LogP contribution in [0.15, 0.2) is 29.3 Å². The van der Waals surface area contributed by atoms with E-state index in [-0.39, 0.29) is 11.1 Å². The Morgan fingerprint density at radius 2 is 2.21 bits per heavy atom. The van der Waals surface area contributed by atoms with E-state index in [0.29, 0.717) is 12.1 Å². The summed E-state index contributed by atoms with van der Waals surface area (Å²) in [5.41, 5.74) is 0.171. The molecule has 0 aliphatic heterocycles. The van der Waals surface area contributed by atoms with Crippen LogP contribution in [0.1, 0.15) is 36.5 Å². The van der Waals surface area contributed by atoms with E-state index in [1.165, 1.54) is 12.4 Å². The summed E-state index contributed by atoms with van der Waals surface area (Å²) in [5, 5.41) is 9.08. The minimum absolute atomic E-state index is 0.220. The number of hydrogen-bond acceptors (Lipinski definition) is 3. The standard InChI is InChI=1S/C14H16N2O3/c1-2-3-4-8-16-9-10(14(18)19)13(17)12-11(16)6-5-7-15-12/h5-7,9H,2-4,8H2,1H3,(H,18,19). The molecule has 0 unspecified atom stereocenters. The number of fused-ring (bicyclic) bond motifs is 1. The van der Waals surface area contributed by atoms with Gasteiger partial charge in [0, 0.05) is 18.9 Å². The number of aromatic nitrogens is 2. The summed E-state index contributed by atoms with van der Waals surface area (Å²) in [5.74, 6) is -1.21. The maximum absolute atomic E-state index is 12.0. The highest BCUT2D eigenvalue weighted by molar-refractivity contribution is 5.91. The molecule has 0 atom stereocenters. The predicted molar refractivity (Wildman–Crippen MR) is 72.5 cm³/mol. The molecule has 0 aromatic carbocycles. The molecule has 5 nitrogen and oxygen atoms in total. The third-order valence-corrected chi connectivity index (χ3v) is 3.07. The first kappa shape index (κ1) is 13.3. The number of rotatable bonds is 5. The number of aromatic carboxylic acids is 1. The predicted octanol–water partition coefficient (Wildman–Crippen LogP) is 2.28. The van der Waals surface area contributed by atoms with E-state index in [4.69, 9.17) is 5.11 Å². The Bertz CT molecular complexity index is 661. The quantitative estimate of drug-likeness (QED) is 0.837. The van der Waals surface area contributed by atoms with Gasteiger partial charge in [0.15, 0.2) is 0 Å². The number of carbonyl (C=O) groups is 1. The Hall–Kier alpha value is -2.17. The Morgan fingerprint density at radius 1 is 1.42 bits per heavy atom. The van der Waals surface area contributed by atoms with Gasteiger partial charge in [-0.3, -0.25) is 9.78 Å². The first-order chi connectivity index (χ1) is 9.15. The van der Waals surface area contributed by atoms with Gasteiger partial charge in [0.05, 0.1) is 5.52 Å². The lowest BCUT2D eigenvalue weighted by Gasteiger charge is -2.11. The Balaban J connectivity index is 2.58. The fourth-order valence-corrected chi connectivity index (χ4v) is 2.08. The van der Waals surface area contributed by atoms with E-state index < -0.39 is 11.4 Å². The molecule has 0 aliphatic rings. The number of hydrogen-bond donors (Lipinski definition) is 1. The molecule has 0 fully saturated rings. The van der Waals surface area contributed by atoms with Crippen molar-refractivity contribution in [1.82, 2.24) is 9.55 Å². The maximum Gasteiger partial charge on any atom is 0.341 e. The maximum atomic E-state index is 12.0. The zero-order valence-electron chi connectivity index (χ0n) is 10.8. The number of unbranched alkanes of at least 4 members (excludes halogenated alkanes) is 2. The summed E-state index contributed by atoms with van der Waals surface area (Å²) in [6.45, 7) is 2.80. The van der Waals surface area contributed by atoms with Gasteiger partial charge in [-0.2, -0.15) is 0 Å². The molecular weight excluding hydrogens is 244 g/mol. The molecule has 2 aromatic heterocycles. The van der Waals surface area contributed by atoms with Gasteiger partial charge in [-0.05, 0) is 18.6 Å². The van der Waals surface area contributed by atoms with Crippen molar-refractivity contribution in [3.8, 4) is 0 Å². The monoisotopic (exact) mass is 260 g/mol. The molecule has 0 radical (unpaired) electrons. The van der Waals surface area contributed by atoms with E-state index in [9.17, 15) is 9.59 Å². The smallest absolute Gasteiger partial charge is 0.341 e. The molecule has 5 heteroatoms. The molecule has 0 aliphatic carbocycles. The van der Waals surface area contributed by atoms with Gasteiger partial charge in [0.1, 0.15) is 11.1 Å². The van der Waals surface area contributed by atoms with Gasteiger partial charge in [-0.15, -0.1) is 0 Å². The highest BCUT2D eigenvalue weighted by Gasteiger charge is 2.14. The molecule has 100 valence electrons. The normalized spacial score (nSPS) is 10.8. The molecule has 0 saturated carbocycles. The SMILES string of the molecule is CCCCCn1cc(C(=O)O)c(=O)c2ncccc21. The summed E-state index contributed by atoms with van der Waals surface area (Å²) >= 11 is 0. The lowest BCUT2D eigenvalue weighted by molar-refractivity contribution is 0.0694. The number of carboxylic acid groups (broad SMARTS) is 1. The first-order valence-corrected chi connectivity index (χ1v) is 6.36. The van der Waals surface area contributed by atoms with Crippen molar-refractivity contribution in [2.24, 2.45) is 0 Å². The van der Waals surface area contributed by atoms with Gasteiger partial charge in [0.25, 0.3) is 0 Å². The van der Waals surface area contributed by atoms with Crippen molar-refractivity contribution in [2.45, 2.75) is 32.7 Å². The largest absolute Gasteiger partial charge is 0.477 e. The lowest BCUT2D eigenvalue weighted by atomic mass is 10.2.